The van der Waals surface area contributed by atoms with Crippen molar-refractivity contribution >= 4 is 0 Å². The van der Waals surface area contributed by atoms with Gasteiger partial charge in [0.05, 0.1) is 12.7 Å². The molecule has 2 unspecified atom stereocenters. The molecule has 0 aliphatic carbocycles. The molecule has 0 N–H and O–H groups in total. The first-order valence-corrected chi connectivity index (χ1v) is 9.92. The summed E-state index contributed by atoms with van der Waals surface area (Å²) in [5, 5.41) is 0. The second kappa shape index (κ2) is 9.57. The van der Waals surface area contributed by atoms with Crippen LogP contribution in [-0.4, -0.2) is 20.3 Å². The second-order valence-electron chi connectivity index (χ2n) is 7.44. The van der Waals surface area contributed by atoms with Crippen LogP contribution in [0.15, 0.2) is 30.3 Å². The van der Waals surface area contributed by atoms with E-state index < -0.39 is 23.6 Å². The molecule has 0 spiro atoms. The van der Waals surface area contributed by atoms with Gasteiger partial charge in [0.25, 0.3) is 0 Å². The Morgan fingerprint density at radius 2 is 1.82 bits per heavy atom. The predicted octanol–water partition coefficient (Wildman–Crippen LogP) is 6.23. The quantitative estimate of drug-likeness (QED) is 0.556. The topological polar surface area (TPSA) is 18.5 Å². The molecule has 1 aliphatic rings. The van der Waals surface area contributed by atoms with Crippen molar-refractivity contribution in [2.24, 2.45) is 5.92 Å². The Labute approximate surface area is 164 Å². The average molecular weight is 392 g/mol. The van der Waals surface area contributed by atoms with Crippen molar-refractivity contribution in [2.75, 3.05) is 20.3 Å². The maximum Gasteiger partial charge on any atom is 0.167 e. The van der Waals surface area contributed by atoms with E-state index in [-0.39, 0.29) is 16.7 Å². The second-order valence-corrected chi connectivity index (χ2v) is 7.44. The summed E-state index contributed by atoms with van der Waals surface area (Å²) in [4.78, 5) is 0. The lowest BCUT2D eigenvalue weighted by atomic mass is 9.91. The molecule has 0 bridgehead atoms. The monoisotopic (exact) mass is 392 g/mol. The fourth-order valence-electron chi connectivity index (χ4n) is 3.81. The molecule has 0 radical (unpaired) electrons. The molecule has 1 heterocycles. The van der Waals surface area contributed by atoms with Gasteiger partial charge < -0.3 is 9.47 Å². The highest BCUT2D eigenvalue weighted by Gasteiger charge is 2.27. The summed E-state index contributed by atoms with van der Waals surface area (Å²) < 4.78 is 54.8. The summed E-state index contributed by atoms with van der Waals surface area (Å²) in [6.07, 6.45) is 3.57. The molecular formula is C23H27F3O2. The van der Waals surface area contributed by atoms with E-state index in [1.165, 1.54) is 24.3 Å². The fourth-order valence-corrected chi connectivity index (χ4v) is 3.81. The number of rotatable bonds is 7. The number of methoxy groups -OCH3 is 1. The molecule has 1 aliphatic heterocycles. The van der Waals surface area contributed by atoms with E-state index in [1.54, 1.807) is 13.2 Å². The van der Waals surface area contributed by atoms with Crippen molar-refractivity contribution in [2.45, 2.75) is 45.1 Å². The number of aryl methyl sites for hydroxylation is 1. The van der Waals surface area contributed by atoms with E-state index in [0.717, 1.165) is 31.2 Å². The van der Waals surface area contributed by atoms with Gasteiger partial charge in [-0.15, -0.1) is 0 Å². The van der Waals surface area contributed by atoms with Crippen molar-refractivity contribution in [3.05, 3.63) is 58.9 Å². The zero-order chi connectivity index (χ0) is 20.1. The van der Waals surface area contributed by atoms with Crippen molar-refractivity contribution in [1.29, 1.82) is 0 Å². The third kappa shape index (κ3) is 4.58. The standard InChI is InChI=1S/C23H27F3O2/c1-3-4-15-5-7-17(20(24)13-15)18-8-9-19(23(26)22(18)25)21-10-6-16(14-28-21)11-12-27-2/h5,7-9,13,16,21H,3-4,6,10-12,14H2,1-2H3. The minimum atomic E-state index is -1.02. The molecule has 1 saturated heterocycles. The molecule has 5 heteroatoms. The van der Waals surface area contributed by atoms with Gasteiger partial charge in [-0.05, 0) is 43.2 Å². The van der Waals surface area contributed by atoms with Crippen LogP contribution in [0.5, 0.6) is 0 Å². The van der Waals surface area contributed by atoms with Gasteiger partial charge in [0.1, 0.15) is 5.82 Å². The number of benzene rings is 2. The fraction of sp³-hybridized carbons (Fsp3) is 0.478. The van der Waals surface area contributed by atoms with Gasteiger partial charge in [0.15, 0.2) is 11.6 Å². The van der Waals surface area contributed by atoms with E-state index in [9.17, 15) is 13.2 Å². The maximum atomic E-state index is 14.8. The van der Waals surface area contributed by atoms with Crippen LogP contribution < -0.4 is 0 Å². The lowest BCUT2D eigenvalue weighted by Crippen LogP contribution is -2.22. The highest BCUT2D eigenvalue weighted by Crippen LogP contribution is 2.36. The lowest BCUT2D eigenvalue weighted by molar-refractivity contribution is -0.0263. The SMILES string of the molecule is CCCc1ccc(-c2ccc(C3CCC(CCOC)CO3)c(F)c2F)c(F)c1. The van der Waals surface area contributed by atoms with Gasteiger partial charge >= 0.3 is 0 Å². The number of hydrogen-bond acceptors (Lipinski definition) is 2. The normalized spacial score (nSPS) is 19.8. The summed E-state index contributed by atoms with van der Waals surface area (Å²) in [6.45, 7) is 3.18. The first-order valence-electron chi connectivity index (χ1n) is 9.92. The predicted molar refractivity (Wildman–Crippen MR) is 104 cm³/mol. The summed E-state index contributed by atoms with van der Waals surface area (Å²) in [5.41, 5.74) is 1.07. The Morgan fingerprint density at radius 1 is 1.04 bits per heavy atom. The highest BCUT2D eigenvalue weighted by atomic mass is 19.2. The third-order valence-corrected chi connectivity index (χ3v) is 5.42. The number of ether oxygens (including phenoxy) is 2. The molecule has 2 aromatic rings. The molecule has 1 fully saturated rings. The Hall–Kier alpha value is -1.85. The number of halogens is 3. The van der Waals surface area contributed by atoms with Gasteiger partial charge in [-0.2, -0.15) is 0 Å². The summed E-state index contributed by atoms with van der Waals surface area (Å²) >= 11 is 0. The Kier molecular flexibility index (Phi) is 7.13. The number of hydrogen-bond donors (Lipinski definition) is 0. The minimum absolute atomic E-state index is 0.0596. The lowest BCUT2D eigenvalue weighted by Gasteiger charge is -2.29. The van der Waals surface area contributed by atoms with Gasteiger partial charge in [-0.1, -0.05) is 37.6 Å². The van der Waals surface area contributed by atoms with Crippen LogP contribution in [0.3, 0.4) is 0 Å². The molecule has 2 aromatic carbocycles. The average Bonchev–Trinajstić information content (AvgIpc) is 2.70. The van der Waals surface area contributed by atoms with Crippen LogP contribution in [0.1, 0.15) is 49.8 Å². The van der Waals surface area contributed by atoms with Crippen LogP contribution in [-0.2, 0) is 15.9 Å². The zero-order valence-electron chi connectivity index (χ0n) is 16.4. The third-order valence-electron chi connectivity index (χ3n) is 5.42. The molecule has 3 rings (SSSR count). The molecule has 0 saturated carbocycles. The van der Waals surface area contributed by atoms with Gasteiger partial charge in [0.2, 0.25) is 0 Å². The van der Waals surface area contributed by atoms with Crippen LogP contribution >= 0.6 is 0 Å². The first kappa shape index (κ1) is 20.9. The van der Waals surface area contributed by atoms with E-state index >= 15 is 0 Å². The Balaban J connectivity index is 1.79. The zero-order valence-corrected chi connectivity index (χ0v) is 16.4. The van der Waals surface area contributed by atoms with Gasteiger partial charge in [-0.25, -0.2) is 13.2 Å². The minimum Gasteiger partial charge on any atom is -0.385 e. The van der Waals surface area contributed by atoms with Gasteiger partial charge in [-0.3, -0.25) is 0 Å². The molecule has 2 nitrogen and oxygen atoms in total. The van der Waals surface area contributed by atoms with Crippen molar-refractivity contribution in [3.8, 4) is 11.1 Å². The molecule has 28 heavy (non-hydrogen) atoms. The first-order chi connectivity index (χ1) is 13.5. The van der Waals surface area contributed by atoms with Crippen molar-refractivity contribution in [1.82, 2.24) is 0 Å². The van der Waals surface area contributed by atoms with Crippen LogP contribution in [0.4, 0.5) is 13.2 Å². The molecule has 2 atom stereocenters. The van der Waals surface area contributed by atoms with E-state index in [4.69, 9.17) is 9.47 Å². The molecule has 0 aromatic heterocycles. The largest absolute Gasteiger partial charge is 0.385 e. The van der Waals surface area contributed by atoms with Gasteiger partial charge in [0, 0.05) is 30.4 Å². The maximum absolute atomic E-state index is 14.8. The summed E-state index contributed by atoms with van der Waals surface area (Å²) in [5.74, 6) is -2.13. The van der Waals surface area contributed by atoms with E-state index in [0.29, 0.717) is 25.6 Å². The molecular weight excluding hydrogens is 365 g/mol. The summed E-state index contributed by atoms with van der Waals surface area (Å²) in [7, 11) is 1.66. The van der Waals surface area contributed by atoms with Crippen LogP contribution in [0.25, 0.3) is 11.1 Å². The highest BCUT2D eigenvalue weighted by molar-refractivity contribution is 5.66. The van der Waals surface area contributed by atoms with Crippen molar-refractivity contribution in [3.63, 3.8) is 0 Å². The van der Waals surface area contributed by atoms with Crippen molar-refractivity contribution < 1.29 is 22.6 Å². The Morgan fingerprint density at radius 3 is 2.46 bits per heavy atom. The Bertz CT molecular complexity index is 799. The summed E-state index contributed by atoms with van der Waals surface area (Å²) in [6, 6.07) is 7.65. The van der Waals surface area contributed by atoms with Crippen LogP contribution in [0.2, 0.25) is 0 Å². The molecule has 0 amide bonds. The molecule has 152 valence electrons. The van der Waals surface area contributed by atoms with E-state index in [2.05, 4.69) is 0 Å². The smallest absolute Gasteiger partial charge is 0.167 e. The van der Waals surface area contributed by atoms with Crippen LogP contribution in [0, 0.1) is 23.4 Å². The van der Waals surface area contributed by atoms with E-state index in [1.807, 2.05) is 6.92 Å².